The molecule has 0 aromatic heterocycles. The maximum Gasteiger partial charge on any atom is 0.417 e. The third-order valence-corrected chi connectivity index (χ3v) is 3.19. The van der Waals surface area contributed by atoms with Crippen LogP contribution in [0.1, 0.15) is 44.1 Å². The van der Waals surface area contributed by atoms with E-state index >= 15 is 0 Å². The lowest BCUT2D eigenvalue weighted by atomic mass is 10.1. The van der Waals surface area contributed by atoms with Crippen LogP contribution in [0.4, 0.5) is 0 Å². The lowest BCUT2D eigenvalue weighted by Crippen LogP contribution is -1.98. The number of unbranched alkanes of at least 4 members (excludes halogenated alkanes) is 4. The normalized spacial score (nSPS) is 10.4. The van der Waals surface area contributed by atoms with Gasteiger partial charge < -0.3 is 9.47 Å². The van der Waals surface area contributed by atoms with Gasteiger partial charge in [-0.15, -0.1) is 0 Å². The Labute approximate surface area is 122 Å². The summed E-state index contributed by atoms with van der Waals surface area (Å²) in [6, 6.07) is 10.6. The molecule has 0 unspecified atom stereocenters. The summed E-state index contributed by atoms with van der Waals surface area (Å²) in [5, 5.41) is 0. The van der Waals surface area contributed by atoms with E-state index < -0.39 is 0 Å². The fourth-order valence-electron chi connectivity index (χ4n) is 2.05. The summed E-state index contributed by atoms with van der Waals surface area (Å²) in [5.41, 5.74) is 1.40. The molecule has 0 amide bonds. The zero-order valence-electron chi connectivity index (χ0n) is 12.2. The molecule has 20 heavy (non-hydrogen) atoms. The average Bonchev–Trinajstić information content (AvgIpc) is 2.49. The first kappa shape index (κ1) is 16.7. The van der Waals surface area contributed by atoms with Crippen molar-refractivity contribution in [2.24, 2.45) is 0 Å². The first-order valence-corrected chi connectivity index (χ1v) is 7.54. The molecule has 0 aliphatic heterocycles. The molecule has 0 saturated heterocycles. The molecule has 0 atom stereocenters. The summed E-state index contributed by atoms with van der Waals surface area (Å²) in [6.45, 7) is 3.62. The molecule has 3 heteroatoms. The molecule has 3 nitrogen and oxygen atoms in total. The Hall–Kier alpha value is -1.35. The summed E-state index contributed by atoms with van der Waals surface area (Å²) in [7, 11) is 0. The SMILES string of the molecule is O=[C]OCCCCCCOCCCCc1ccccc1. The standard InChI is InChI=1S/C17H25O3/c18-16-20-15-8-2-1-7-13-19-14-9-6-12-17-10-4-3-5-11-17/h3-5,10-11H,1-2,6-9,12-15H2. The Bertz CT molecular complexity index is 324. The third kappa shape index (κ3) is 9.56. The van der Waals surface area contributed by atoms with Gasteiger partial charge in [-0.25, -0.2) is 4.79 Å². The molecule has 1 radical (unpaired) electrons. The van der Waals surface area contributed by atoms with Crippen LogP contribution in [0.15, 0.2) is 30.3 Å². The van der Waals surface area contributed by atoms with Gasteiger partial charge >= 0.3 is 6.47 Å². The van der Waals surface area contributed by atoms with Crippen LogP contribution >= 0.6 is 0 Å². The highest BCUT2D eigenvalue weighted by Gasteiger charge is 1.94. The predicted octanol–water partition coefficient (Wildman–Crippen LogP) is 3.67. The number of hydrogen-bond acceptors (Lipinski definition) is 3. The number of ether oxygens (including phenoxy) is 2. The Balaban J connectivity index is 1.78. The molecule has 1 aromatic rings. The largest absolute Gasteiger partial charge is 0.457 e. The van der Waals surface area contributed by atoms with Crippen molar-refractivity contribution in [2.45, 2.75) is 44.9 Å². The van der Waals surface area contributed by atoms with Crippen molar-refractivity contribution < 1.29 is 14.3 Å². The first-order chi connectivity index (χ1) is 9.93. The second-order valence-electron chi connectivity index (χ2n) is 4.90. The van der Waals surface area contributed by atoms with Gasteiger partial charge in [-0.3, -0.25) is 0 Å². The van der Waals surface area contributed by atoms with Gasteiger partial charge in [-0.2, -0.15) is 0 Å². The molecule has 0 N–H and O–H groups in total. The summed E-state index contributed by atoms with van der Waals surface area (Å²) < 4.78 is 10.1. The molecule has 111 valence electrons. The highest BCUT2D eigenvalue weighted by molar-refractivity contribution is 5.37. The number of carbonyl (C=O) groups excluding carboxylic acids is 1. The summed E-state index contributed by atoms with van der Waals surface area (Å²) in [5.74, 6) is 0. The van der Waals surface area contributed by atoms with E-state index in [4.69, 9.17) is 4.74 Å². The van der Waals surface area contributed by atoms with Crippen LogP contribution in [0.2, 0.25) is 0 Å². The van der Waals surface area contributed by atoms with E-state index in [2.05, 4.69) is 35.1 Å². The van der Waals surface area contributed by atoms with Crippen LogP contribution in [0.25, 0.3) is 0 Å². The molecule has 0 aliphatic carbocycles. The molecule has 0 bridgehead atoms. The Kier molecular flexibility index (Phi) is 10.6. The highest BCUT2D eigenvalue weighted by atomic mass is 16.5. The van der Waals surface area contributed by atoms with Gasteiger partial charge in [0, 0.05) is 13.2 Å². The fourth-order valence-corrected chi connectivity index (χ4v) is 2.05. The Morgan fingerprint density at radius 3 is 2.15 bits per heavy atom. The smallest absolute Gasteiger partial charge is 0.417 e. The molecule has 0 heterocycles. The average molecular weight is 277 g/mol. The van der Waals surface area contributed by atoms with E-state index in [0.717, 1.165) is 51.7 Å². The van der Waals surface area contributed by atoms with Crippen molar-refractivity contribution in [2.75, 3.05) is 19.8 Å². The summed E-state index contributed by atoms with van der Waals surface area (Å²) >= 11 is 0. The van der Waals surface area contributed by atoms with Gasteiger partial charge in [-0.05, 0) is 44.1 Å². The first-order valence-electron chi connectivity index (χ1n) is 7.54. The van der Waals surface area contributed by atoms with Gasteiger partial charge in [0.25, 0.3) is 0 Å². The van der Waals surface area contributed by atoms with Crippen LogP contribution in [0.3, 0.4) is 0 Å². The second-order valence-corrected chi connectivity index (χ2v) is 4.90. The number of aryl methyl sites for hydroxylation is 1. The van der Waals surface area contributed by atoms with Gasteiger partial charge in [0.1, 0.15) is 0 Å². The minimum absolute atomic E-state index is 0.490. The maximum atomic E-state index is 9.79. The van der Waals surface area contributed by atoms with Crippen LogP contribution in [0.5, 0.6) is 0 Å². The van der Waals surface area contributed by atoms with Crippen molar-refractivity contribution in [1.29, 1.82) is 0 Å². The minimum atomic E-state index is 0.490. The van der Waals surface area contributed by atoms with Crippen LogP contribution in [-0.2, 0) is 20.7 Å². The molecule has 0 fully saturated rings. The molecule has 1 aromatic carbocycles. The predicted molar refractivity (Wildman–Crippen MR) is 80.3 cm³/mol. The number of benzene rings is 1. The van der Waals surface area contributed by atoms with E-state index in [0.29, 0.717) is 6.61 Å². The zero-order valence-corrected chi connectivity index (χ0v) is 12.2. The van der Waals surface area contributed by atoms with Gasteiger partial charge in [-0.1, -0.05) is 36.8 Å². The monoisotopic (exact) mass is 277 g/mol. The Morgan fingerprint density at radius 2 is 1.45 bits per heavy atom. The quantitative estimate of drug-likeness (QED) is 0.516. The lowest BCUT2D eigenvalue weighted by Gasteiger charge is -2.04. The summed E-state index contributed by atoms with van der Waals surface area (Å²) in [4.78, 5) is 9.79. The summed E-state index contributed by atoms with van der Waals surface area (Å²) in [6.07, 6.45) is 7.67. The van der Waals surface area contributed by atoms with Crippen molar-refractivity contribution in [3.05, 3.63) is 35.9 Å². The zero-order chi connectivity index (χ0) is 14.3. The van der Waals surface area contributed by atoms with Gasteiger partial charge in [0.05, 0.1) is 6.61 Å². The van der Waals surface area contributed by atoms with Crippen molar-refractivity contribution in [1.82, 2.24) is 0 Å². The van der Waals surface area contributed by atoms with Crippen LogP contribution < -0.4 is 0 Å². The fraction of sp³-hybridized carbons (Fsp3) is 0.588. The number of hydrogen-bond donors (Lipinski definition) is 0. The van der Waals surface area contributed by atoms with E-state index in [-0.39, 0.29) is 0 Å². The number of rotatable bonds is 13. The van der Waals surface area contributed by atoms with Gasteiger partial charge in [0.2, 0.25) is 0 Å². The van der Waals surface area contributed by atoms with E-state index in [1.807, 2.05) is 0 Å². The molecule has 0 aliphatic rings. The Morgan fingerprint density at radius 1 is 0.800 bits per heavy atom. The highest BCUT2D eigenvalue weighted by Crippen LogP contribution is 2.05. The molecule has 0 saturated carbocycles. The molecular weight excluding hydrogens is 252 g/mol. The van der Waals surface area contributed by atoms with E-state index in [9.17, 15) is 4.79 Å². The topological polar surface area (TPSA) is 35.5 Å². The molecule has 1 rings (SSSR count). The molecule has 0 spiro atoms. The minimum Gasteiger partial charge on any atom is -0.457 e. The van der Waals surface area contributed by atoms with E-state index in [1.54, 1.807) is 0 Å². The van der Waals surface area contributed by atoms with Crippen LogP contribution in [0, 0.1) is 0 Å². The van der Waals surface area contributed by atoms with Gasteiger partial charge in [0.15, 0.2) is 0 Å². The van der Waals surface area contributed by atoms with Crippen LogP contribution in [-0.4, -0.2) is 26.3 Å². The maximum absolute atomic E-state index is 9.79. The van der Waals surface area contributed by atoms with E-state index in [1.165, 1.54) is 18.5 Å². The third-order valence-electron chi connectivity index (χ3n) is 3.19. The van der Waals surface area contributed by atoms with Crippen molar-refractivity contribution in [3.8, 4) is 0 Å². The second kappa shape index (κ2) is 12.7. The van der Waals surface area contributed by atoms with Crippen molar-refractivity contribution >= 4 is 6.47 Å². The lowest BCUT2D eigenvalue weighted by molar-refractivity contribution is 0.126. The molecular formula is C17H25O3. The van der Waals surface area contributed by atoms with Crippen molar-refractivity contribution in [3.63, 3.8) is 0 Å².